The number of thiazole rings is 1. The van der Waals surface area contributed by atoms with Gasteiger partial charge in [-0.15, -0.1) is 11.3 Å². The van der Waals surface area contributed by atoms with Crippen molar-refractivity contribution < 1.29 is 33.1 Å². The van der Waals surface area contributed by atoms with Crippen LogP contribution in [-0.2, 0) is 14.4 Å². The van der Waals surface area contributed by atoms with Crippen molar-refractivity contribution in [2.75, 3.05) is 19.7 Å². The molecule has 0 aliphatic carbocycles. The van der Waals surface area contributed by atoms with Gasteiger partial charge in [0.25, 0.3) is 0 Å². The molecule has 1 aromatic carbocycles. The molecule has 2 aliphatic rings. The molecule has 3 heterocycles. The number of rotatable bonds is 6. The molecule has 1 aromatic heterocycles. The van der Waals surface area contributed by atoms with Gasteiger partial charge in [-0.3, -0.25) is 0 Å². The first-order chi connectivity index (χ1) is 16.3. The molecule has 2 aromatic rings. The highest BCUT2D eigenvalue weighted by Gasteiger charge is 2.46. The van der Waals surface area contributed by atoms with Crippen molar-refractivity contribution in [2.45, 2.75) is 44.8 Å². The summed E-state index contributed by atoms with van der Waals surface area (Å²) in [6.45, 7) is 4.51. The SMILES string of the molecule is CCOC(=O)N1C(C(=O)O)C(c2nc(C3=NOC(c4c(F)cccc4F)C3)cs2)CCN1CC. The van der Waals surface area contributed by atoms with E-state index in [2.05, 4.69) is 10.1 Å². The second kappa shape index (κ2) is 10.0. The minimum absolute atomic E-state index is 0.118. The maximum absolute atomic E-state index is 14.1. The molecule has 12 heteroatoms. The van der Waals surface area contributed by atoms with Crippen LogP contribution in [0, 0.1) is 11.6 Å². The van der Waals surface area contributed by atoms with E-state index < -0.39 is 41.8 Å². The number of amides is 1. The number of nitrogens with zero attached hydrogens (tertiary/aromatic N) is 4. The zero-order valence-corrected chi connectivity index (χ0v) is 19.4. The van der Waals surface area contributed by atoms with Crippen LogP contribution in [0.2, 0.25) is 0 Å². The first-order valence-corrected chi connectivity index (χ1v) is 11.8. The number of benzene rings is 1. The molecule has 9 nitrogen and oxygen atoms in total. The Bertz CT molecular complexity index is 1090. The van der Waals surface area contributed by atoms with Crippen LogP contribution in [0.4, 0.5) is 13.6 Å². The molecule has 3 atom stereocenters. The van der Waals surface area contributed by atoms with Crippen molar-refractivity contribution in [2.24, 2.45) is 5.16 Å². The fourth-order valence-corrected chi connectivity index (χ4v) is 5.25. The van der Waals surface area contributed by atoms with Crippen LogP contribution in [0.3, 0.4) is 0 Å². The van der Waals surface area contributed by atoms with Crippen LogP contribution in [-0.4, -0.2) is 63.6 Å². The fraction of sp³-hybridized carbons (Fsp3) is 0.455. The predicted molar refractivity (Wildman–Crippen MR) is 118 cm³/mol. The number of carbonyl (C=O) groups is 2. The van der Waals surface area contributed by atoms with Crippen molar-refractivity contribution in [1.82, 2.24) is 15.0 Å². The molecule has 0 radical (unpaired) electrons. The zero-order valence-electron chi connectivity index (χ0n) is 18.6. The van der Waals surface area contributed by atoms with E-state index in [9.17, 15) is 23.5 Å². The first-order valence-electron chi connectivity index (χ1n) is 10.9. The lowest BCUT2D eigenvalue weighted by atomic mass is 9.93. The Morgan fingerprint density at radius 1 is 1.29 bits per heavy atom. The topological polar surface area (TPSA) is 105 Å². The molecule has 0 bridgehead atoms. The van der Waals surface area contributed by atoms with Crippen LogP contribution in [0.15, 0.2) is 28.7 Å². The molecule has 0 saturated carbocycles. The van der Waals surface area contributed by atoms with Crippen LogP contribution in [0.5, 0.6) is 0 Å². The highest BCUT2D eigenvalue weighted by molar-refractivity contribution is 7.10. The third kappa shape index (κ3) is 4.47. The minimum Gasteiger partial charge on any atom is -0.480 e. The van der Waals surface area contributed by atoms with E-state index in [1.54, 1.807) is 17.3 Å². The molecule has 1 saturated heterocycles. The average molecular weight is 495 g/mol. The Balaban J connectivity index is 1.56. The summed E-state index contributed by atoms with van der Waals surface area (Å²) in [6.07, 6.45) is -1.05. The Morgan fingerprint density at radius 2 is 2.03 bits per heavy atom. The minimum atomic E-state index is -1.19. The second-order valence-corrected chi connectivity index (χ2v) is 8.70. The van der Waals surface area contributed by atoms with Crippen molar-refractivity contribution >= 4 is 29.1 Å². The van der Waals surface area contributed by atoms with Gasteiger partial charge in [0, 0.05) is 30.8 Å². The number of oxime groups is 1. The predicted octanol–water partition coefficient (Wildman–Crippen LogP) is 3.92. The standard InChI is InChI=1S/C22H24F2N4O5S/c1-3-27-9-8-12(19(21(29)30)28(27)22(31)32-4-2)20-25-16(11-34-20)15-10-17(33-26-15)18-13(23)6-5-7-14(18)24/h5-7,11-12,17,19H,3-4,8-10H2,1-2H3,(H,29,30). The zero-order chi connectivity index (χ0) is 24.4. The summed E-state index contributed by atoms with van der Waals surface area (Å²) in [4.78, 5) is 34.7. The van der Waals surface area contributed by atoms with E-state index in [4.69, 9.17) is 9.57 Å². The van der Waals surface area contributed by atoms with Crippen molar-refractivity contribution in [3.05, 3.63) is 51.5 Å². The smallest absolute Gasteiger partial charge is 0.425 e. The number of carboxylic acids is 1. The van der Waals surface area contributed by atoms with Gasteiger partial charge < -0.3 is 14.7 Å². The summed E-state index contributed by atoms with van der Waals surface area (Å²) in [5.41, 5.74) is 0.666. The highest BCUT2D eigenvalue weighted by Crippen LogP contribution is 2.37. The van der Waals surface area contributed by atoms with E-state index in [-0.39, 0.29) is 18.6 Å². The van der Waals surface area contributed by atoms with E-state index in [1.807, 2.05) is 6.92 Å². The lowest BCUT2D eigenvalue weighted by Gasteiger charge is -2.44. The average Bonchev–Trinajstić information content (AvgIpc) is 3.48. The highest BCUT2D eigenvalue weighted by atomic mass is 32.1. The van der Waals surface area contributed by atoms with E-state index >= 15 is 0 Å². The quantitative estimate of drug-likeness (QED) is 0.649. The van der Waals surface area contributed by atoms with Gasteiger partial charge in [0.15, 0.2) is 12.1 Å². The first kappa shape index (κ1) is 24.0. The lowest BCUT2D eigenvalue weighted by Crippen LogP contribution is -2.61. The van der Waals surface area contributed by atoms with Crippen molar-refractivity contribution in [3.63, 3.8) is 0 Å². The maximum atomic E-state index is 14.1. The van der Waals surface area contributed by atoms with E-state index in [1.165, 1.54) is 17.4 Å². The van der Waals surface area contributed by atoms with Gasteiger partial charge >= 0.3 is 12.1 Å². The van der Waals surface area contributed by atoms with Crippen LogP contribution >= 0.6 is 11.3 Å². The monoisotopic (exact) mass is 494 g/mol. The molecule has 1 fully saturated rings. The van der Waals surface area contributed by atoms with Gasteiger partial charge in [-0.05, 0) is 25.5 Å². The summed E-state index contributed by atoms with van der Waals surface area (Å²) < 4.78 is 33.4. The molecular weight excluding hydrogens is 470 g/mol. The Hall–Kier alpha value is -3.12. The molecule has 4 rings (SSSR count). The Labute approximate surface area is 198 Å². The lowest BCUT2D eigenvalue weighted by molar-refractivity contribution is -0.157. The van der Waals surface area contributed by atoms with Gasteiger partial charge in [-0.1, -0.05) is 18.1 Å². The summed E-state index contributed by atoms with van der Waals surface area (Å²) in [5, 5.41) is 19.0. The van der Waals surface area contributed by atoms with E-state index in [0.717, 1.165) is 17.1 Å². The molecule has 182 valence electrons. The number of hydrogen-bond acceptors (Lipinski definition) is 8. The molecule has 0 spiro atoms. The van der Waals surface area contributed by atoms with Crippen LogP contribution in [0.1, 0.15) is 55.0 Å². The summed E-state index contributed by atoms with van der Waals surface area (Å²) >= 11 is 1.25. The van der Waals surface area contributed by atoms with Gasteiger partial charge in [0.05, 0.1) is 22.9 Å². The number of ether oxygens (including phenoxy) is 1. The van der Waals surface area contributed by atoms with Gasteiger partial charge in [-0.2, -0.15) is 0 Å². The number of halogens is 2. The number of aromatic nitrogens is 1. The number of hydrazine groups is 1. The molecule has 1 amide bonds. The van der Waals surface area contributed by atoms with Gasteiger partial charge in [0.1, 0.15) is 17.3 Å². The van der Waals surface area contributed by atoms with Gasteiger partial charge in [-0.25, -0.2) is 33.4 Å². The summed E-state index contributed by atoms with van der Waals surface area (Å²) in [7, 11) is 0. The number of carbonyl (C=O) groups excluding carboxylic acids is 1. The van der Waals surface area contributed by atoms with E-state index in [0.29, 0.717) is 35.9 Å². The molecule has 34 heavy (non-hydrogen) atoms. The molecular formula is C22H24F2N4O5S. The van der Waals surface area contributed by atoms with Gasteiger partial charge in [0.2, 0.25) is 0 Å². The normalized spacial score (nSPS) is 22.9. The largest absolute Gasteiger partial charge is 0.480 e. The Morgan fingerprint density at radius 3 is 2.68 bits per heavy atom. The van der Waals surface area contributed by atoms with Crippen LogP contribution < -0.4 is 0 Å². The molecule has 2 aliphatic heterocycles. The maximum Gasteiger partial charge on any atom is 0.425 e. The van der Waals surface area contributed by atoms with Crippen molar-refractivity contribution in [1.29, 1.82) is 0 Å². The fourth-order valence-electron chi connectivity index (χ4n) is 4.26. The van der Waals surface area contributed by atoms with Crippen molar-refractivity contribution in [3.8, 4) is 0 Å². The number of aliphatic carboxylic acids is 1. The Kier molecular flexibility index (Phi) is 7.08. The number of hydrogen-bond donors (Lipinski definition) is 1. The summed E-state index contributed by atoms with van der Waals surface area (Å²) in [5.74, 6) is -3.16. The van der Waals surface area contributed by atoms with Crippen LogP contribution in [0.25, 0.3) is 0 Å². The summed E-state index contributed by atoms with van der Waals surface area (Å²) in [6, 6.07) is 2.41. The third-order valence-corrected chi connectivity index (χ3v) is 6.82. The second-order valence-electron chi connectivity index (χ2n) is 7.81. The number of carboxylic acid groups (broad SMARTS) is 1. The third-order valence-electron chi connectivity index (χ3n) is 5.85. The molecule has 3 unspecified atom stereocenters. The molecule has 1 N–H and O–H groups in total.